The fourth-order valence-corrected chi connectivity index (χ4v) is 4.63. The Bertz CT molecular complexity index is 731. The summed E-state index contributed by atoms with van der Waals surface area (Å²) in [5, 5.41) is 0. The Morgan fingerprint density at radius 3 is 2.78 bits per heavy atom. The number of halogens is 1. The Balaban J connectivity index is 1.66. The molecule has 0 aromatic heterocycles. The number of hydrogen-bond acceptors (Lipinski definition) is 5. The normalized spacial score (nSPS) is 25.3. The molecule has 1 amide bonds. The highest BCUT2D eigenvalue weighted by Gasteiger charge is 2.38. The van der Waals surface area contributed by atoms with Crippen molar-refractivity contribution in [1.29, 1.82) is 0 Å². The molecule has 2 aliphatic rings. The fourth-order valence-electron chi connectivity index (χ4n) is 3.33. The standard InChI is InChI=1S/C19H24FNO5S/c1-2-3-8-25-18(22)17-12-21(19(23)26-17)14-4-5-15(16(20)11-14)13-6-9-27(24)10-7-13/h4-5,11,13,17H,2-3,6-10,12H2,1H3/t13?,17-,27?/m1/s1. The van der Waals surface area contributed by atoms with Crippen LogP contribution < -0.4 is 4.90 Å². The summed E-state index contributed by atoms with van der Waals surface area (Å²) >= 11 is 0. The van der Waals surface area contributed by atoms with Crippen molar-refractivity contribution in [2.24, 2.45) is 0 Å². The molecule has 2 saturated heterocycles. The third-order valence-corrected chi connectivity index (χ3v) is 6.32. The Hall–Kier alpha value is -1.96. The smallest absolute Gasteiger partial charge is 0.415 e. The second-order valence-corrected chi connectivity index (χ2v) is 8.53. The zero-order valence-corrected chi connectivity index (χ0v) is 16.1. The van der Waals surface area contributed by atoms with Gasteiger partial charge in [0.2, 0.25) is 6.10 Å². The van der Waals surface area contributed by atoms with E-state index in [-0.39, 0.29) is 12.5 Å². The first-order chi connectivity index (χ1) is 13.0. The number of nitrogens with zero attached hydrogens (tertiary/aromatic N) is 1. The molecule has 0 N–H and O–H groups in total. The minimum Gasteiger partial charge on any atom is -0.463 e. The van der Waals surface area contributed by atoms with Crippen LogP contribution in [0.2, 0.25) is 0 Å². The van der Waals surface area contributed by atoms with Gasteiger partial charge in [-0.1, -0.05) is 19.4 Å². The molecular formula is C19H24FNO5S. The Morgan fingerprint density at radius 2 is 2.11 bits per heavy atom. The van der Waals surface area contributed by atoms with E-state index in [0.29, 0.717) is 42.2 Å². The maximum absolute atomic E-state index is 14.6. The molecule has 0 bridgehead atoms. The molecule has 148 valence electrons. The lowest BCUT2D eigenvalue weighted by molar-refractivity contribution is -0.151. The monoisotopic (exact) mass is 397 g/mol. The number of hydrogen-bond donors (Lipinski definition) is 0. The molecule has 6 nitrogen and oxygen atoms in total. The number of carbonyl (C=O) groups is 2. The van der Waals surface area contributed by atoms with Gasteiger partial charge in [0.1, 0.15) is 5.82 Å². The van der Waals surface area contributed by atoms with Crippen molar-refractivity contribution in [2.45, 2.75) is 44.6 Å². The van der Waals surface area contributed by atoms with Gasteiger partial charge in [-0.25, -0.2) is 14.0 Å². The lowest BCUT2D eigenvalue weighted by atomic mass is 9.93. The molecule has 0 saturated carbocycles. The van der Waals surface area contributed by atoms with Crippen LogP contribution in [-0.4, -0.2) is 47.0 Å². The van der Waals surface area contributed by atoms with E-state index in [0.717, 1.165) is 12.8 Å². The number of carbonyl (C=O) groups excluding carboxylic acids is 2. The van der Waals surface area contributed by atoms with Gasteiger partial charge in [-0.15, -0.1) is 0 Å². The number of cyclic esters (lactones) is 1. The van der Waals surface area contributed by atoms with Gasteiger partial charge >= 0.3 is 12.1 Å². The van der Waals surface area contributed by atoms with E-state index in [4.69, 9.17) is 9.47 Å². The van der Waals surface area contributed by atoms with Crippen LogP contribution in [0.1, 0.15) is 44.1 Å². The highest BCUT2D eigenvalue weighted by Crippen LogP contribution is 2.32. The van der Waals surface area contributed by atoms with Crippen molar-refractivity contribution in [3.63, 3.8) is 0 Å². The third-order valence-electron chi connectivity index (χ3n) is 4.94. The molecule has 1 atom stereocenters. The summed E-state index contributed by atoms with van der Waals surface area (Å²) in [6.07, 6.45) is 1.35. The highest BCUT2D eigenvalue weighted by molar-refractivity contribution is 7.85. The molecular weight excluding hydrogens is 373 g/mol. The van der Waals surface area contributed by atoms with E-state index in [1.54, 1.807) is 12.1 Å². The SMILES string of the molecule is CCCCOC(=O)[C@H]1CN(c2ccc(C3CCS(=O)CC3)c(F)c2)C(=O)O1. The molecule has 2 aliphatic heterocycles. The summed E-state index contributed by atoms with van der Waals surface area (Å²) in [5.41, 5.74) is 0.933. The van der Waals surface area contributed by atoms with E-state index in [1.807, 2.05) is 6.92 Å². The topological polar surface area (TPSA) is 72.9 Å². The maximum atomic E-state index is 14.6. The van der Waals surface area contributed by atoms with E-state index >= 15 is 0 Å². The van der Waals surface area contributed by atoms with E-state index in [2.05, 4.69) is 0 Å². The summed E-state index contributed by atoms with van der Waals surface area (Å²) in [6, 6.07) is 4.63. The highest BCUT2D eigenvalue weighted by atomic mass is 32.2. The predicted octanol–water partition coefficient (Wildman–Crippen LogP) is 3.12. The van der Waals surface area contributed by atoms with Gasteiger partial charge in [0.15, 0.2) is 0 Å². The van der Waals surface area contributed by atoms with Gasteiger partial charge in [-0.2, -0.15) is 0 Å². The summed E-state index contributed by atoms with van der Waals surface area (Å²) in [6.45, 7) is 2.28. The lowest BCUT2D eigenvalue weighted by Crippen LogP contribution is -2.29. The molecule has 27 heavy (non-hydrogen) atoms. The Kier molecular flexibility index (Phi) is 6.46. The van der Waals surface area contributed by atoms with E-state index in [1.165, 1.54) is 11.0 Å². The van der Waals surface area contributed by atoms with Crippen LogP contribution in [0.3, 0.4) is 0 Å². The largest absolute Gasteiger partial charge is 0.463 e. The van der Waals surface area contributed by atoms with Gasteiger partial charge in [-0.3, -0.25) is 9.11 Å². The van der Waals surface area contributed by atoms with Gasteiger partial charge < -0.3 is 9.47 Å². The predicted molar refractivity (Wildman–Crippen MR) is 99.7 cm³/mol. The van der Waals surface area contributed by atoms with E-state index < -0.39 is 34.8 Å². The maximum Gasteiger partial charge on any atom is 0.415 e. The fraction of sp³-hybridized carbons (Fsp3) is 0.579. The van der Waals surface area contributed by atoms with Crippen LogP contribution in [0.25, 0.3) is 0 Å². The Morgan fingerprint density at radius 1 is 1.37 bits per heavy atom. The van der Waals surface area contributed by atoms with E-state index in [9.17, 15) is 18.2 Å². The second-order valence-electron chi connectivity index (χ2n) is 6.83. The zero-order chi connectivity index (χ0) is 19.4. The molecule has 8 heteroatoms. The molecule has 0 radical (unpaired) electrons. The van der Waals surface area contributed by atoms with Crippen LogP contribution in [0, 0.1) is 5.82 Å². The van der Waals surface area contributed by atoms with Gasteiger partial charge in [-0.05, 0) is 42.9 Å². The second kappa shape index (κ2) is 8.82. The lowest BCUT2D eigenvalue weighted by Gasteiger charge is -2.23. The van der Waals surface area contributed by atoms with Crippen molar-refractivity contribution in [3.8, 4) is 0 Å². The number of amides is 1. The quantitative estimate of drug-likeness (QED) is 0.545. The molecule has 2 fully saturated rings. The summed E-state index contributed by atoms with van der Waals surface area (Å²) < 4.78 is 36.3. The van der Waals surface area contributed by atoms with Crippen LogP contribution >= 0.6 is 0 Å². The summed E-state index contributed by atoms with van der Waals surface area (Å²) in [5.74, 6) is 0.250. The minimum absolute atomic E-state index is 0.00495. The first kappa shape index (κ1) is 19.8. The number of unbranched alkanes of at least 4 members (excludes halogenated alkanes) is 1. The summed E-state index contributed by atoms with van der Waals surface area (Å²) in [7, 11) is -0.800. The van der Waals surface area contributed by atoms with Crippen LogP contribution in [0.5, 0.6) is 0 Å². The van der Waals surface area contributed by atoms with Crippen LogP contribution in [-0.2, 0) is 25.1 Å². The van der Waals surface area contributed by atoms with Gasteiger partial charge in [0.05, 0.1) is 18.8 Å². The van der Waals surface area contributed by atoms with Gasteiger partial charge in [0, 0.05) is 22.3 Å². The molecule has 0 unspecified atom stereocenters. The third kappa shape index (κ3) is 4.66. The van der Waals surface area contributed by atoms with Crippen molar-refractivity contribution < 1.29 is 27.7 Å². The number of anilines is 1. The van der Waals surface area contributed by atoms with Crippen molar-refractivity contribution >= 4 is 28.5 Å². The number of benzene rings is 1. The van der Waals surface area contributed by atoms with Crippen LogP contribution in [0.4, 0.5) is 14.9 Å². The molecule has 3 rings (SSSR count). The molecule has 0 spiro atoms. The average molecular weight is 397 g/mol. The zero-order valence-electron chi connectivity index (χ0n) is 15.3. The first-order valence-corrected chi connectivity index (χ1v) is 10.8. The average Bonchev–Trinajstić information content (AvgIpc) is 3.04. The first-order valence-electron chi connectivity index (χ1n) is 9.28. The van der Waals surface area contributed by atoms with Crippen LogP contribution in [0.15, 0.2) is 18.2 Å². The summed E-state index contributed by atoms with van der Waals surface area (Å²) in [4.78, 5) is 25.3. The molecule has 2 heterocycles. The molecule has 1 aromatic rings. The minimum atomic E-state index is -0.995. The molecule has 1 aromatic carbocycles. The van der Waals surface area contributed by atoms with Crippen molar-refractivity contribution in [3.05, 3.63) is 29.6 Å². The van der Waals surface area contributed by atoms with Crippen molar-refractivity contribution in [2.75, 3.05) is 29.6 Å². The Labute approximate surface area is 160 Å². The molecule has 0 aliphatic carbocycles. The number of rotatable bonds is 6. The number of esters is 1. The van der Waals surface area contributed by atoms with Gasteiger partial charge in [0.25, 0.3) is 0 Å². The van der Waals surface area contributed by atoms with Crippen molar-refractivity contribution in [1.82, 2.24) is 0 Å². The number of ether oxygens (including phenoxy) is 2.